The normalized spacial score (nSPS) is 12.6. The van der Waals surface area contributed by atoms with E-state index in [1.54, 1.807) is 54.1 Å². The first-order valence-electron chi connectivity index (χ1n) is 8.81. The van der Waals surface area contributed by atoms with Crippen LogP contribution in [0.15, 0.2) is 60.7 Å². The first-order chi connectivity index (χ1) is 13.7. The van der Waals surface area contributed by atoms with Crippen LogP contribution in [-0.4, -0.2) is 25.9 Å². The van der Waals surface area contributed by atoms with Crippen LogP contribution in [0.2, 0.25) is 0 Å². The maximum Gasteiger partial charge on any atom is 0.216 e. The van der Waals surface area contributed by atoms with E-state index >= 15 is 0 Å². The van der Waals surface area contributed by atoms with Crippen LogP contribution in [-0.2, 0) is 23.5 Å². The summed E-state index contributed by atoms with van der Waals surface area (Å²) < 4.78 is 44.5. The van der Waals surface area contributed by atoms with Gasteiger partial charge in [-0.15, -0.1) is 0 Å². The van der Waals surface area contributed by atoms with Gasteiger partial charge in [-0.3, -0.25) is 4.79 Å². The molecule has 3 rings (SSSR count). The Bertz CT molecular complexity index is 1140. The van der Waals surface area contributed by atoms with Crippen molar-refractivity contribution in [2.75, 3.05) is 7.11 Å². The topological polar surface area (TPSA) is 91.4 Å². The summed E-state index contributed by atoms with van der Waals surface area (Å²) in [7, 11) is -0.841. The molecule has 8 heteroatoms. The van der Waals surface area contributed by atoms with Gasteiger partial charge in [-0.05, 0) is 29.8 Å². The number of hydrogen-bond acceptors (Lipinski definition) is 4. The zero-order valence-corrected chi connectivity index (χ0v) is 16.8. The van der Waals surface area contributed by atoms with Crippen molar-refractivity contribution in [3.8, 4) is 5.75 Å². The number of nitrogens with two attached hydrogens (primary N) is 1. The van der Waals surface area contributed by atoms with Gasteiger partial charge in [0.05, 0.1) is 18.4 Å². The van der Waals surface area contributed by atoms with Gasteiger partial charge in [-0.1, -0.05) is 30.3 Å². The van der Waals surface area contributed by atoms with E-state index in [0.29, 0.717) is 17.0 Å². The number of sulfonamides is 1. The Kier molecular flexibility index (Phi) is 5.86. The van der Waals surface area contributed by atoms with Crippen LogP contribution in [0.25, 0.3) is 0 Å². The average molecular weight is 416 g/mol. The van der Waals surface area contributed by atoms with Crippen LogP contribution >= 0.6 is 0 Å². The number of ether oxygens (including phenoxy) is 1. The van der Waals surface area contributed by atoms with E-state index in [2.05, 4.69) is 0 Å². The first-order valence-corrected chi connectivity index (χ1v) is 10.4. The van der Waals surface area contributed by atoms with Gasteiger partial charge in [-0.2, -0.15) is 0 Å². The lowest BCUT2D eigenvalue weighted by Gasteiger charge is -2.16. The maximum atomic E-state index is 13.4. The lowest BCUT2D eigenvalue weighted by Crippen LogP contribution is -2.24. The minimum Gasteiger partial charge on any atom is -0.496 e. The van der Waals surface area contributed by atoms with E-state index in [1.165, 1.54) is 19.2 Å². The molecule has 0 spiro atoms. The number of carbonyl (C=O) groups is 1. The number of halogens is 1. The Morgan fingerprint density at radius 2 is 1.83 bits per heavy atom. The second-order valence-electron chi connectivity index (χ2n) is 6.64. The lowest BCUT2D eigenvalue weighted by molar-refractivity contribution is 0.102. The van der Waals surface area contributed by atoms with Gasteiger partial charge in [0.25, 0.3) is 0 Å². The van der Waals surface area contributed by atoms with Crippen molar-refractivity contribution in [2.45, 2.75) is 11.7 Å². The molecule has 1 unspecified atom stereocenters. The number of nitrogens with zero attached hydrogens (tertiary/aromatic N) is 1. The molecule has 1 heterocycles. The molecule has 3 aromatic rings. The standard InChI is InChI=1S/C21H21FN2O4S/c1-24-16(13-20(29(23,26)27)14-6-4-3-5-7-14)9-11-18(24)21(25)17-10-8-15(22)12-19(17)28-2/h3-12,20H,13H2,1-2H3,(H2,23,26,27). The predicted octanol–water partition coefficient (Wildman–Crippen LogP) is 2.98. The summed E-state index contributed by atoms with van der Waals surface area (Å²) in [6.07, 6.45) is 0.104. The van der Waals surface area contributed by atoms with Gasteiger partial charge in [0.2, 0.25) is 15.8 Å². The quantitative estimate of drug-likeness (QED) is 0.600. The number of rotatable bonds is 7. The van der Waals surface area contributed by atoms with Crippen LogP contribution in [0.1, 0.15) is 32.6 Å². The highest BCUT2D eigenvalue weighted by Gasteiger charge is 2.26. The van der Waals surface area contributed by atoms with E-state index < -0.39 is 21.1 Å². The molecule has 0 saturated heterocycles. The number of carbonyl (C=O) groups excluding carboxylic acids is 1. The predicted molar refractivity (Wildman–Crippen MR) is 108 cm³/mol. The molecule has 29 heavy (non-hydrogen) atoms. The maximum absolute atomic E-state index is 13.4. The Hall–Kier alpha value is -2.97. The monoisotopic (exact) mass is 416 g/mol. The van der Waals surface area contributed by atoms with E-state index in [1.807, 2.05) is 0 Å². The number of ketones is 1. The Labute approximate surface area is 168 Å². The smallest absolute Gasteiger partial charge is 0.216 e. The third-order valence-electron chi connectivity index (χ3n) is 4.83. The number of methoxy groups -OCH3 is 1. The van der Waals surface area contributed by atoms with Crippen molar-refractivity contribution >= 4 is 15.8 Å². The Balaban J connectivity index is 1.96. The van der Waals surface area contributed by atoms with Gasteiger partial charge in [0, 0.05) is 25.2 Å². The molecular formula is C21H21FN2O4S. The summed E-state index contributed by atoms with van der Waals surface area (Å²) in [5.41, 5.74) is 1.74. The second-order valence-corrected chi connectivity index (χ2v) is 8.38. The van der Waals surface area contributed by atoms with Crippen LogP contribution in [0.3, 0.4) is 0 Å². The first kappa shape index (κ1) is 20.8. The Morgan fingerprint density at radius 3 is 2.45 bits per heavy atom. The molecule has 0 radical (unpaired) electrons. The fraction of sp³-hybridized carbons (Fsp3) is 0.190. The molecule has 6 nitrogen and oxygen atoms in total. The zero-order chi connectivity index (χ0) is 21.2. The fourth-order valence-corrected chi connectivity index (χ4v) is 4.20. The zero-order valence-electron chi connectivity index (χ0n) is 16.0. The molecule has 0 aliphatic heterocycles. The number of benzene rings is 2. The molecule has 2 N–H and O–H groups in total. The van der Waals surface area contributed by atoms with Gasteiger partial charge in [0.15, 0.2) is 0 Å². The fourth-order valence-electron chi connectivity index (χ4n) is 3.26. The van der Waals surface area contributed by atoms with Gasteiger partial charge in [-0.25, -0.2) is 17.9 Å². The summed E-state index contributed by atoms with van der Waals surface area (Å²) >= 11 is 0. The van der Waals surface area contributed by atoms with Crippen molar-refractivity contribution in [3.63, 3.8) is 0 Å². The molecule has 0 aliphatic rings. The van der Waals surface area contributed by atoms with Gasteiger partial charge in [0.1, 0.15) is 16.8 Å². The van der Waals surface area contributed by atoms with Crippen LogP contribution in [0, 0.1) is 5.82 Å². The minimum absolute atomic E-state index is 0.104. The van der Waals surface area contributed by atoms with E-state index in [-0.39, 0.29) is 23.5 Å². The molecule has 0 saturated carbocycles. The number of aromatic nitrogens is 1. The molecule has 0 fully saturated rings. The van der Waals surface area contributed by atoms with Crippen molar-refractivity contribution in [2.24, 2.45) is 12.2 Å². The lowest BCUT2D eigenvalue weighted by atomic mass is 10.1. The van der Waals surface area contributed by atoms with E-state index in [9.17, 15) is 17.6 Å². The van der Waals surface area contributed by atoms with Gasteiger partial charge < -0.3 is 9.30 Å². The third kappa shape index (κ3) is 4.38. The minimum atomic E-state index is -3.87. The van der Waals surface area contributed by atoms with E-state index in [0.717, 1.165) is 6.07 Å². The van der Waals surface area contributed by atoms with E-state index in [4.69, 9.17) is 9.88 Å². The Morgan fingerprint density at radius 1 is 1.14 bits per heavy atom. The van der Waals surface area contributed by atoms with Crippen molar-refractivity contribution in [3.05, 3.63) is 89.0 Å². The van der Waals surface area contributed by atoms with Crippen LogP contribution in [0.5, 0.6) is 5.75 Å². The summed E-state index contributed by atoms with van der Waals surface area (Å²) in [5, 5.41) is 4.52. The third-order valence-corrected chi connectivity index (χ3v) is 6.06. The SMILES string of the molecule is COc1cc(F)ccc1C(=O)c1ccc(CC(c2ccccc2)S(N)(=O)=O)n1C. The summed E-state index contributed by atoms with van der Waals surface area (Å²) in [4.78, 5) is 13.0. The average Bonchev–Trinajstić information content (AvgIpc) is 3.05. The number of hydrogen-bond donors (Lipinski definition) is 1. The van der Waals surface area contributed by atoms with Gasteiger partial charge >= 0.3 is 0 Å². The summed E-state index contributed by atoms with van der Waals surface area (Å²) in [6.45, 7) is 0. The van der Waals surface area contributed by atoms with Crippen LogP contribution < -0.4 is 9.88 Å². The van der Waals surface area contributed by atoms with Crippen molar-refractivity contribution < 1.29 is 22.3 Å². The molecular weight excluding hydrogens is 395 g/mol. The summed E-state index contributed by atoms with van der Waals surface area (Å²) in [5.74, 6) is -0.739. The molecule has 1 aromatic heterocycles. The molecule has 152 valence electrons. The second kappa shape index (κ2) is 8.18. The van der Waals surface area contributed by atoms with Crippen LogP contribution in [0.4, 0.5) is 4.39 Å². The van der Waals surface area contributed by atoms with Crippen molar-refractivity contribution in [1.29, 1.82) is 0 Å². The molecule has 1 atom stereocenters. The highest BCUT2D eigenvalue weighted by Crippen LogP contribution is 2.27. The highest BCUT2D eigenvalue weighted by atomic mass is 32.2. The molecule has 2 aromatic carbocycles. The molecule has 0 bridgehead atoms. The number of primary sulfonamides is 1. The molecule has 0 amide bonds. The molecule has 0 aliphatic carbocycles. The highest BCUT2D eigenvalue weighted by molar-refractivity contribution is 7.89. The summed E-state index contributed by atoms with van der Waals surface area (Å²) in [6, 6.07) is 15.7. The van der Waals surface area contributed by atoms with Crippen molar-refractivity contribution in [1.82, 2.24) is 4.57 Å². The largest absolute Gasteiger partial charge is 0.496 e.